The Kier molecular flexibility index (Phi) is 2.74. The van der Waals surface area contributed by atoms with Gasteiger partial charge in [0.2, 0.25) is 5.91 Å². The summed E-state index contributed by atoms with van der Waals surface area (Å²) in [5.74, 6) is -0.688. The van der Waals surface area contributed by atoms with Gasteiger partial charge in [0.25, 0.3) is 11.5 Å². The lowest BCUT2D eigenvalue weighted by atomic mass is 10.0. The first-order chi connectivity index (χ1) is 12.2. The molecule has 1 saturated heterocycles. The number of hydrogen-bond donors (Lipinski definition) is 0. The molecule has 0 saturated carbocycles. The number of fused-ring (bicyclic) bond motifs is 4. The summed E-state index contributed by atoms with van der Waals surface area (Å²) in [4.78, 5) is 44.4. The zero-order chi connectivity index (χ0) is 17.1. The van der Waals surface area contributed by atoms with Crippen molar-refractivity contribution in [1.82, 2.24) is 9.55 Å². The second-order valence-electron chi connectivity index (χ2n) is 6.32. The highest BCUT2D eigenvalue weighted by molar-refractivity contribution is 6.23. The van der Waals surface area contributed by atoms with Crippen LogP contribution in [0.1, 0.15) is 11.9 Å². The standard InChI is InChI=1S/C19H13N3O3/c23-17-12-8-4-5-9-14(12)20-15-10-13-16(22(15)17)19(25)21(18(13)24)11-6-2-1-3-7-11/h1-9,13,16H,10H2. The van der Waals surface area contributed by atoms with Gasteiger partial charge in [-0.2, -0.15) is 0 Å². The van der Waals surface area contributed by atoms with Crippen molar-refractivity contribution in [1.29, 1.82) is 0 Å². The Morgan fingerprint density at radius 2 is 1.60 bits per heavy atom. The molecule has 6 nitrogen and oxygen atoms in total. The minimum absolute atomic E-state index is 0.260. The third-order valence-electron chi connectivity index (χ3n) is 4.97. The lowest BCUT2D eigenvalue weighted by Gasteiger charge is -2.17. The fourth-order valence-corrected chi connectivity index (χ4v) is 3.85. The minimum atomic E-state index is -0.799. The number of anilines is 1. The molecule has 6 heteroatoms. The monoisotopic (exact) mass is 331 g/mol. The van der Waals surface area contributed by atoms with Crippen molar-refractivity contribution in [2.75, 3.05) is 4.90 Å². The zero-order valence-electron chi connectivity index (χ0n) is 13.1. The molecule has 0 bridgehead atoms. The largest absolute Gasteiger partial charge is 0.283 e. The van der Waals surface area contributed by atoms with Gasteiger partial charge in [-0.1, -0.05) is 30.3 Å². The van der Waals surface area contributed by atoms with E-state index in [0.717, 1.165) is 0 Å². The average Bonchev–Trinajstić information content (AvgIpc) is 3.12. The molecule has 122 valence electrons. The molecule has 2 aliphatic heterocycles. The lowest BCUT2D eigenvalue weighted by Crippen LogP contribution is -2.35. The molecule has 2 amide bonds. The van der Waals surface area contributed by atoms with Gasteiger partial charge in [0.1, 0.15) is 11.9 Å². The lowest BCUT2D eigenvalue weighted by molar-refractivity contribution is -0.122. The quantitative estimate of drug-likeness (QED) is 0.636. The number of amides is 2. The Morgan fingerprint density at radius 3 is 2.40 bits per heavy atom. The number of carbonyl (C=O) groups excluding carboxylic acids is 2. The van der Waals surface area contributed by atoms with Crippen LogP contribution in [0.4, 0.5) is 5.69 Å². The van der Waals surface area contributed by atoms with E-state index in [1.54, 1.807) is 42.5 Å². The number of rotatable bonds is 1. The number of nitrogens with zero attached hydrogens (tertiary/aromatic N) is 3. The van der Waals surface area contributed by atoms with Crippen molar-refractivity contribution in [3.8, 4) is 0 Å². The average molecular weight is 331 g/mol. The molecular weight excluding hydrogens is 318 g/mol. The summed E-state index contributed by atoms with van der Waals surface area (Å²) in [7, 11) is 0. The first-order valence-electron chi connectivity index (χ1n) is 8.10. The molecule has 2 aliphatic rings. The summed E-state index contributed by atoms with van der Waals surface area (Å²) in [6, 6.07) is 15.1. The van der Waals surface area contributed by atoms with Crippen LogP contribution in [0.3, 0.4) is 0 Å². The highest BCUT2D eigenvalue weighted by Gasteiger charge is 2.54. The summed E-state index contributed by atoms with van der Waals surface area (Å²) in [5.41, 5.74) is 0.873. The molecule has 2 unspecified atom stereocenters. The van der Waals surface area contributed by atoms with Crippen molar-refractivity contribution < 1.29 is 9.59 Å². The fraction of sp³-hybridized carbons (Fsp3) is 0.158. The van der Waals surface area contributed by atoms with Crippen LogP contribution in [0, 0.1) is 5.92 Å². The highest BCUT2D eigenvalue weighted by Crippen LogP contribution is 2.40. The van der Waals surface area contributed by atoms with E-state index < -0.39 is 12.0 Å². The Labute approximate surface area is 142 Å². The Hall–Kier alpha value is -3.28. The molecule has 0 aliphatic carbocycles. The van der Waals surface area contributed by atoms with E-state index >= 15 is 0 Å². The number of para-hydroxylation sites is 2. The van der Waals surface area contributed by atoms with Gasteiger partial charge in [-0.25, -0.2) is 9.88 Å². The molecule has 0 spiro atoms. The van der Waals surface area contributed by atoms with E-state index in [2.05, 4.69) is 4.98 Å². The van der Waals surface area contributed by atoms with Crippen LogP contribution in [-0.4, -0.2) is 21.4 Å². The summed E-state index contributed by atoms with van der Waals surface area (Å²) >= 11 is 0. The topological polar surface area (TPSA) is 72.3 Å². The first kappa shape index (κ1) is 14.1. The summed E-state index contributed by atoms with van der Waals surface area (Å²) in [6.45, 7) is 0. The predicted octanol–water partition coefficient (Wildman–Crippen LogP) is 1.68. The molecular formula is C19H13N3O3. The molecule has 3 aromatic rings. The minimum Gasteiger partial charge on any atom is -0.283 e. The first-order valence-corrected chi connectivity index (χ1v) is 8.10. The molecule has 1 fully saturated rings. The normalized spacial score (nSPS) is 21.7. The Morgan fingerprint density at radius 1 is 0.880 bits per heavy atom. The molecule has 0 radical (unpaired) electrons. The molecule has 25 heavy (non-hydrogen) atoms. The third-order valence-corrected chi connectivity index (χ3v) is 4.97. The van der Waals surface area contributed by atoms with E-state index in [1.165, 1.54) is 9.47 Å². The van der Waals surface area contributed by atoms with E-state index in [1.807, 2.05) is 12.1 Å². The molecule has 3 heterocycles. The molecule has 0 N–H and O–H groups in total. The summed E-state index contributed by atoms with van der Waals surface area (Å²) < 4.78 is 1.41. The van der Waals surface area contributed by atoms with Crippen LogP contribution in [0.5, 0.6) is 0 Å². The molecule has 2 atom stereocenters. The van der Waals surface area contributed by atoms with Crippen molar-refractivity contribution in [3.63, 3.8) is 0 Å². The van der Waals surface area contributed by atoms with Crippen LogP contribution < -0.4 is 10.5 Å². The van der Waals surface area contributed by atoms with Crippen LogP contribution in [0.2, 0.25) is 0 Å². The van der Waals surface area contributed by atoms with Crippen molar-refractivity contribution in [2.45, 2.75) is 12.5 Å². The maximum absolute atomic E-state index is 13.0. The van der Waals surface area contributed by atoms with Crippen LogP contribution in [0.15, 0.2) is 59.4 Å². The Balaban J connectivity index is 1.69. The van der Waals surface area contributed by atoms with Gasteiger partial charge in [-0.15, -0.1) is 0 Å². The van der Waals surface area contributed by atoms with Crippen LogP contribution in [0.25, 0.3) is 10.9 Å². The number of imide groups is 1. The smallest absolute Gasteiger partial charge is 0.262 e. The molecule has 1 aromatic heterocycles. The second-order valence-corrected chi connectivity index (χ2v) is 6.32. The van der Waals surface area contributed by atoms with E-state index in [0.29, 0.717) is 28.8 Å². The number of hydrogen-bond acceptors (Lipinski definition) is 4. The van der Waals surface area contributed by atoms with Gasteiger partial charge < -0.3 is 0 Å². The highest BCUT2D eigenvalue weighted by atomic mass is 16.2. The SMILES string of the molecule is O=C1C2Cc3nc4ccccc4c(=O)n3C2C(=O)N1c1ccccc1. The Bertz CT molecular complexity index is 1100. The van der Waals surface area contributed by atoms with Gasteiger partial charge in [-0.3, -0.25) is 19.0 Å². The fourth-order valence-electron chi connectivity index (χ4n) is 3.85. The van der Waals surface area contributed by atoms with Crippen molar-refractivity contribution >= 4 is 28.4 Å². The zero-order valence-corrected chi connectivity index (χ0v) is 13.1. The van der Waals surface area contributed by atoms with E-state index in [-0.39, 0.29) is 17.4 Å². The predicted molar refractivity (Wildman–Crippen MR) is 91.2 cm³/mol. The van der Waals surface area contributed by atoms with Crippen LogP contribution >= 0.6 is 0 Å². The van der Waals surface area contributed by atoms with Gasteiger partial charge in [0.15, 0.2) is 0 Å². The summed E-state index contributed by atoms with van der Waals surface area (Å²) in [6.07, 6.45) is 0.304. The molecule has 5 rings (SSSR count). The second kappa shape index (κ2) is 4.86. The number of aromatic nitrogens is 2. The summed E-state index contributed by atoms with van der Waals surface area (Å²) in [5, 5.41) is 0.463. The van der Waals surface area contributed by atoms with Crippen molar-refractivity contribution in [2.24, 2.45) is 5.92 Å². The van der Waals surface area contributed by atoms with E-state index in [4.69, 9.17) is 0 Å². The van der Waals surface area contributed by atoms with Gasteiger partial charge in [0, 0.05) is 6.42 Å². The number of carbonyl (C=O) groups is 2. The van der Waals surface area contributed by atoms with E-state index in [9.17, 15) is 14.4 Å². The molecule has 2 aromatic carbocycles. The third kappa shape index (κ3) is 1.79. The maximum Gasteiger partial charge on any atom is 0.262 e. The van der Waals surface area contributed by atoms with Crippen LogP contribution in [-0.2, 0) is 16.0 Å². The van der Waals surface area contributed by atoms with Gasteiger partial charge in [0.05, 0.1) is 22.5 Å². The van der Waals surface area contributed by atoms with Crippen molar-refractivity contribution in [3.05, 3.63) is 70.8 Å². The van der Waals surface area contributed by atoms with Gasteiger partial charge in [-0.05, 0) is 24.3 Å². The maximum atomic E-state index is 13.0. The van der Waals surface area contributed by atoms with Gasteiger partial charge >= 0.3 is 0 Å². The number of benzene rings is 2.